The molecule has 2 N–H and O–H groups in total. The number of amides is 2. The van der Waals surface area contributed by atoms with Gasteiger partial charge in [0.15, 0.2) is 0 Å². The summed E-state index contributed by atoms with van der Waals surface area (Å²) in [5.74, 6) is -1.62. The number of aliphatic carboxylic acids is 1. The van der Waals surface area contributed by atoms with Crippen LogP contribution in [0.15, 0.2) is 0 Å². The first kappa shape index (κ1) is 15.3. The summed E-state index contributed by atoms with van der Waals surface area (Å²) < 4.78 is 4.80. The van der Waals surface area contributed by atoms with E-state index in [9.17, 15) is 14.4 Å². The second-order valence-corrected chi connectivity index (χ2v) is 5.02. The van der Waals surface area contributed by atoms with Crippen molar-refractivity contribution in [3.63, 3.8) is 0 Å². The molecule has 7 nitrogen and oxygen atoms in total. The van der Waals surface area contributed by atoms with Crippen molar-refractivity contribution in [2.75, 3.05) is 13.2 Å². The molecule has 0 aromatic rings. The number of urea groups is 1. The Morgan fingerprint density at radius 1 is 1.37 bits per heavy atom. The highest BCUT2D eigenvalue weighted by Crippen LogP contribution is 2.27. The van der Waals surface area contributed by atoms with E-state index in [2.05, 4.69) is 5.32 Å². The van der Waals surface area contributed by atoms with Gasteiger partial charge in [0.1, 0.15) is 12.1 Å². The van der Waals surface area contributed by atoms with Gasteiger partial charge in [-0.15, -0.1) is 0 Å². The Kier molecular flexibility index (Phi) is 4.74. The third kappa shape index (κ3) is 4.42. The molecule has 19 heavy (non-hydrogen) atoms. The number of carbonyl (C=O) groups excluding carboxylic acids is 2. The van der Waals surface area contributed by atoms with E-state index >= 15 is 0 Å². The molecule has 0 bridgehead atoms. The molecule has 1 fully saturated rings. The van der Waals surface area contributed by atoms with Gasteiger partial charge >= 0.3 is 18.0 Å². The van der Waals surface area contributed by atoms with E-state index < -0.39 is 23.5 Å². The zero-order valence-corrected chi connectivity index (χ0v) is 11.4. The molecule has 0 aromatic carbocycles. The number of carbonyl (C=O) groups is 3. The van der Waals surface area contributed by atoms with E-state index in [1.807, 2.05) is 0 Å². The van der Waals surface area contributed by atoms with Crippen LogP contribution in [0.2, 0.25) is 0 Å². The Labute approximate surface area is 111 Å². The SMILES string of the molecule is CCOC(=O)CN(C(=O)NC(C)(C)C(=O)O)C1CC1. The number of hydrogen-bond acceptors (Lipinski definition) is 4. The average molecular weight is 272 g/mol. The van der Waals surface area contributed by atoms with Gasteiger partial charge in [-0.25, -0.2) is 9.59 Å². The van der Waals surface area contributed by atoms with Crippen LogP contribution < -0.4 is 5.32 Å². The van der Waals surface area contributed by atoms with Crippen LogP contribution >= 0.6 is 0 Å². The highest BCUT2D eigenvalue weighted by molar-refractivity contribution is 5.87. The van der Waals surface area contributed by atoms with Crippen LogP contribution in [-0.4, -0.2) is 52.7 Å². The summed E-state index contributed by atoms with van der Waals surface area (Å²) in [6, 6.07) is -0.558. The quantitative estimate of drug-likeness (QED) is 0.690. The summed E-state index contributed by atoms with van der Waals surface area (Å²) >= 11 is 0. The van der Waals surface area contributed by atoms with Crippen LogP contribution in [0.1, 0.15) is 33.6 Å². The Bertz CT molecular complexity index is 376. The van der Waals surface area contributed by atoms with E-state index in [0.717, 1.165) is 12.8 Å². The van der Waals surface area contributed by atoms with Gasteiger partial charge < -0.3 is 20.1 Å². The Balaban J connectivity index is 2.64. The van der Waals surface area contributed by atoms with Crippen molar-refractivity contribution in [2.24, 2.45) is 0 Å². The van der Waals surface area contributed by atoms with E-state index in [1.54, 1.807) is 6.92 Å². The second kappa shape index (κ2) is 5.90. The zero-order chi connectivity index (χ0) is 14.6. The molecule has 1 aliphatic rings. The van der Waals surface area contributed by atoms with Gasteiger partial charge in [0.25, 0.3) is 0 Å². The largest absolute Gasteiger partial charge is 0.480 e. The van der Waals surface area contributed by atoms with Crippen LogP contribution in [0.4, 0.5) is 4.79 Å². The Morgan fingerprint density at radius 2 is 1.95 bits per heavy atom. The Morgan fingerprint density at radius 3 is 2.37 bits per heavy atom. The van der Waals surface area contributed by atoms with E-state index in [0.29, 0.717) is 0 Å². The number of carboxylic acid groups (broad SMARTS) is 1. The van der Waals surface area contributed by atoms with Crippen LogP contribution in [0.25, 0.3) is 0 Å². The molecule has 1 rings (SSSR count). The van der Waals surface area contributed by atoms with Gasteiger partial charge in [-0.1, -0.05) is 0 Å². The highest BCUT2D eigenvalue weighted by atomic mass is 16.5. The van der Waals surface area contributed by atoms with Gasteiger partial charge in [-0.3, -0.25) is 4.79 Å². The molecule has 0 radical (unpaired) electrons. The minimum atomic E-state index is -1.38. The first-order chi connectivity index (χ1) is 8.77. The molecule has 0 atom stereocenters. The topological polar surface area (TPSA) is 95.9 Å². The average Bonchev–Trinajstić information content (AvgIpc) is 3.09. The summed E-state index contributed by atoms with van der Waals surface area (Å²) in [5.41, 5.74) is -1.38. The molecule has 1 saturated carbocycles. The highest BCUT2D eigenvalue weighted by Gasteiger charge is 2.38. The van der Waals surface area contributed by atoms with Crippen molar-refractivity contribution in [3.8, 4) is 0 Å². The van der Waals surface area contributed by atoms with Crippen molar-refractivity contribution >= 4 is 18.0 Å². The molecule has 0 unspecified atom stereocenters. The second-order valence-electron chi connectivity index (χ2n) is 5.02. The predicted octanol–water partition coefficient (Wildman–Crippen LogP) is 0.587. The smallest absolute Gasteiger partial charge is 0.328 e. The molecule has 1 aliphatic carbocycles. The summed E-state index contributed by atoms with van der Waals surface area (Å²) in [6.45, 7) is 4.57. The molecular formula is C12H20N2O5. The summed E-state index contributed by atoms with van der Waals surface area (Å²) in [7, 11) is 0. The third-order valence-corrected chi connectivity index (χ3v) is 2.81. The molecule has 7 heteroatoms. The molecule has 0 aliphatic heterocycles. The fraction of sp³-hybridized carbons (Fsp3) is 0.750. The number of hydrogen-bond donors (Lipinski definition) is 2. The van der Waals surface area contributed by atoms with Gasteiger partial charge in [-0.2, -0.15) is 0 Å². The van der Waals surface area contributed by atoms with Gasteiger partial charge in [0.05, 0.1) is 6.61 Å². The fourth-order valence-corrected chi connectivity index (χ4v) is 1.49. The van der Waals surface area contributed by atoms with Crippen molar-refractivity contribution in [1.29, 1.82) is 0 Å². The predicted molar refractivity (Wildman–Crippen MR) is 66.6 cm³/mol. The Hall–Kier alpha value is -1.79. The number of ether oxygens (including phenoxy) is 1. The molecule has 2 amide bonds. The lowest BCUT2D eigenvalue weighted by Gasteiger charge is -2.27. The molecule has 108 valence electrons. The van der Waals surface area contributed by atoms with Gasteiger partial charge in [0.2, 0.25) is 0 Å². The van der Waals surface area contributed by atoms with Crippen molar-refractivity contribution < 1.29 is 24.2 Å². The van der Waals surface area contributed by atoms with Crippen LogP contribution in [-0.2, 0) is 14.3 Å². The number of carboxylic acids is 1. The lowest BCUT2D eigenvalue weighted by Crippen LogP contribution is -2.55. The monoisotopic (exact) mass is 272 g/mol. The number of esters is 1. The molecular weight excluding hydrogens is 252 g/mol. The number of nitrogens with one attached hydrogen (secondary N) is 1. The van der Waals surface area contributed by atoms with Gasteiger partial charge in [0, 0.05) is 6.04 Å². The zero-order valence-electron chi connectivity index (χ0n) is 11.4. The van der Waals surface area contributed by atoms with Crippen molar-refractivity contribution in [1.82, 2.24) is 10.2 Å². The minimum Gasteiger partial charge on any atom is -0.480 e. The normalized spacial score (nSPS) is 14.7. The number of nitrogens with zero attached hydrogens (tertiary/aromatic N) is 1. The first-order valence-corrected chi connectivity index (χ1v) is 6.25. The van der Waals surface area contributed by atoms with E-state index in [-0.39, 0.29) is 19.2 Å². The van der Waals surface area contributed by atoms with Crippen molar-refractivity contribution in [2.45, 2.75) is 45.2 Å². The van der Waals surface area contributed by atoms with Crippen LogP contribution in [0.5, 0.6) is 0 Å². The maximum Gasteiger partial charge on any atom is 0.328 e. The molecule has 0 aromatic heterocycles. The van der Waals surface area contributed by atoms with Crippen molar-refractivity contribution in [3.05, 3.63) is 0 Å². The van der Waals surface area contributed by atoms with Crippen LogP contribution in [0, 0.1) is 0 Å². The summed E-state index contributed by atoms with van der Waals surface area (Å²) in [5, 5.41) is 11.4. The molecule has 0 saturated heterocycles. The maximum atomic E-state index is 12.0. The first-order valence-electron chi connectivity index (χ1n) is 6.25. The maximum absolute atomic E-state index is 12.0. The third-order valence-electron chi connectivity index (χ3n) is 2.81. The summed E-state index contributed by atoms with van der Waals surface area (Å²) in [4.78, 5) is 35.8. The van der Waals surface area contributed by atoms with E-state index in [4.69, 9.17) is 9.84 Å². The molecule has 0 spiro atoms. The lowest BCUT2D eigenvalue weighted by molar-refractivity contribution is -0.143. The molecule has 0 heterocycles. The minimum absolute atomic E-state index is 0.00555. The lowest BCUT2D eigenvalue weighted by atomic mass is 10.1. The number of rotatable bonds is 6. The van der Waals surface area contributed by atoms with E-state index in [1.165, 1.54) is 18.7 Å². The fourth-order valence-electron chi connectivity index (χ4n) is 1.49. The van der Waals surface area contributed by atoms with Gasteiger partial charge in [-0.05, 0) is 33.6 Å². The van der Waals surface area contributed by atoms with Crippen LogP contribution in [0.3, 0.4) is 0 Å². The standard InChI is InChI=1S/C12H20N2O5/c1-4-19-9(15)7-14(8-5-6-8)11(18)13-12(2,3)10(16)17/h8H,4-7H2,1-3H3,(H,13,18)(H,16,17). The summed E-state index contributed by atoms with van der Waals surface area (Å²) in [6.07, 6.45) is 1.64.